The largest absolute Gasteiger partial charge is 0.427 e. The molecule has 3 rings (SSSR count). The van der Waals surface area contributed by atoms with E-state index in [0.717, 1.165) is 5.92 Å². The molecule has 0 radical (unpaired) electrons. The highest BCUT2D eigenvalue weighted by atomic mass is 16.5. The van der Waals surface area contributed by atoms with Gasteiger partial charge in [-0.25, -0.2) is 0 Å². The summed E-state index contributed by atoms with van der Waals surface area (Å²) in [6.45, 7) is 3.70. The Hall–Kier alpha value is -2.09. The quantitative estimate of drug-likeness (QED) is 0.369. The van der Waals surface area contributed by atoms with Crippen molar-refractivity contribution in [2.24, 2.45) is 5.92 Å². The minimum atomic E-state index is -0.282. The molecule has 0 saturated carbocycles. The van der Waals surface area contributed by atoms with Gasteiger partial charge in [0.1, 0.15) is 5.75 Å². The fraction of sp³-hybridized carbons (Fsp3) is 0.435. The zero-order valence-corrected chi connectivity index (χ0v) is 15.4. The van der Waals surface area contributed by atoms with Gasteiger partial charge in [-0.3, -0.25) is 4.79 Å². The average Bonchev–Trinajstić information content (AvgIpc) is 2.62. The standard InChI is InChI=1S/C23H28O2/c1-3-4-5-6-18-7-8-22-16-21(10-9-20(22)15-18)19-11-13-23(14-12-19)25-17(2)24/h9-14,16,18H,3-8,15H2,1-2H3. The van der Waals surface area contributed by atoms with E-state index in [4.69, 9.17) is 4.74 Å². The van der Waals surface area contributed by atoms with Crippen LogP contribution >= 0.6 is 0 Å². The molecule has 1 aliphatic rings. The first-order valence-electron chi connectivity index (χ1n) is 9.56. The summed E-state index contributed by atoms with van der Waals surface area (Å²) in [5.74, 6) is 1.19. The van der Waals surface area contributed by atoms with E-state index in [2.05, 4.69) is 25.1 Å². The molecule has 132 valence electrons. The highest BCUT2D eigenvalue weighted by Gasteiger charge is 2.18. The molecular weight excluding hydrogens is 308 g/mol. The molecule has 25 heavy (non-hydrogen) atoms. The number of aryl methyl sites for hydroxylation is 1. The molecule has 1 atom stereocenters. The zero-order valence-electron chi connectivity index (χ0n) is 15.4. The number of esters is 1. The molecule has 1 aliphatic carbocycles. The van der Waals surface area contributed by atoms with Crippen LogP contribution in [0.3, 0.4) is 0 Å². The van der Waals surface area contributed by atoms with Crippen molar-refractivity contribution >= 4 is 5.97 Å². The van der Waals surface area contributed by atoms with Gasteiger partial charge in [0.2, 0.25) is 0 Å². The van der Waals surface area contributed by atoms with Crippen LogP contribution in [0.1, 0.15) is 57.1 Å². The minimum Gasteiger partial charge on any atom is -0.427 e. The van der Waals surface area contributed by atoms with Crippen molar-refractivity contribution in [2.75, 3.05) is 0 Å². The maximum atomic E-state index is 11.0. The van der Waals surface area contributed by atoms with Crippen LogP contribution in [-0.2, 0) is 17.6 Å². The molecule has 2 aromatic carbocycles. The monoisotopic (exact) mass is 336 g/mol. The SMILES string of the molecule is CCCCCC1CCc2cc(-c3ccc(OC(C)=O)cc3)ccc2C1. The third kappa shape index (κ3) is 4.72. The van der Waals surface area contributed by atoms with E-state index in [1.165, 1.54) is 74.1 Å². The van der Waals surface area contributed by atoms with Crippen molar-refractivity contribution in [2.45, 2.75) is 58.8 Å². The Kier molecular flexibility index (Phi) is 5.91. The summed E-state index contributed by atoms with van der Waals surface area (Å²) in [6, 6.07) is 14.7. The fourth-order valence-electron chi connectivity index (χ4n) is 3.82. The van der Waals surface area contributed by atoms with Crippen LogP contribution in [0.4, 0.5) is 0 Å². The summed E-state index contributed by atoms with van der Waals surface area (Å²) < 4.78 is 5.11. The molecule has 0 spiro atoms. The van der Waals surface area contributed by atoms with E-state index in [1.54, 1.807) is 0 Å². The van der Waals surface area contributed by atoms with Gasteiger partial charge in [-0.2, -0.15) is 0 Å². The number of unbranched alkanes of at least 4 members (excludes halogenated alkanes) is 2. The number of fused-ring (bicyclic) bond motifs is 1. The Labute approximate surface area is 151 Å². The molecule has 0 N–H and O–H groups in total. The van der Waals surface area contributed by atoms with Crippen LogP contribution in [-0.4, -0.2) is 5.97 Å². The van der Waals surface area contributed by atoms with Gasteiger partial charge in [0.15, 0.2) is 0 Å². The van der Waals surface area contributed by atoms with E-state index in [0.29, 0.717) is 5.75 Å². The molecule has 2 aromatic rings. The smallest absolute Gasteiger partial charge is 0.308 e. The van der Waals surface area contributed by atoms with Gasteiger partial charge in [0.05, 0.1) is 0 Å². The van der Waals surface area contributed by atoms with Crippen LogP contribution in [0.25, 0.3) is 11.1 Å². The Bertz CT molecular complexity index is 715. The maximum absolute atomic E-state index is 11.0. The summed E-state index contributed by atoms with van der Waals surface area (Å²) in [7, 11) is 0. The van der Waals surface area contributed by atoms with Crippen molar-refractivity contribution < 1.29 is 9.53 Å². The van der Waals surface area contributed by atoms with Gasteiger partial charge >= 0.3 is 5.97 Å². The van der Waals surface area contributed by atoms with Gasteiger partial charge < -0.3 is 4.74 Å². The molecule has 0 heterocycles. The molecule has 0 aromatic heterocycles. The van der Waals surface area contributed by atoms with Crippen LogP contribution in [0.5, 0.6) is 5.75 Å². The van der Waals surface area contributed by atoms with Gasteiger partial charge in [0.25, 0.3) is 0 Å². The predicted molar refractivity (Wildman–Crippen MR) is 103 cm³/mol. The summed E-state index contributed by atoms with van der Waals surface area (Å²) in [5, 5.41) is 0. The van der Waals surface area contributed by atoms with Crippen LogP contribution in [0.2, 0.25) is 0 Å². The van der Waals surface area contributed by atoms with Gasteiger partial charge in [0, 0.05) is 6.92 Å². The first-order chi connectivity index (χ1) is 12.2. The molecular formula is C23H28O2. The number of hydrogen-bond donors (Lipinski definition) is 0. The minimum absolute atomic E-state index is 0.282. The second kappa shape index (κ2) is 8.33. The second-order valence-electron chi connectivity index (χ2n) is 7.21. The molecule has 0 fully saturated rings. The third-order valence-corrected chi connectivity index (χ3v) is 5.20. The average molecular weight is 336 g/mol. The van der Waals surface area contributed by atoms with E-state index in [9.17, 15) is 4.79 Å². The summed E-state index contributed by atoms with van der Waals surface area (Å²) in [5.41, 5.74) is 5.46. The number of benzene rings is 2. The maximum Gasteiger partial charge on any atom is 0.308 e. The Balaban J connectivity index is 1.69. The van der Waals surface area contributed by atoms with E-state index >= 15 is 0 Å². The Morgan fingerprint density at radius 1 is 1.04 bits per heavy atom. The van der Waals surface area contributed by atoms with Crippen LogP contribution < -0.4 is 4.74 Å². The second-order valence-corrected chi connectivity index (χ2v) is 7.21. The summed E-state index contributed by atoms with van der Waals surface area (Å²) in [4.78, 5) is 11.0. The van der Waals surface area contributed by atoms with Crippen LogP contribution in [0.15, 0.2) is 42.5 Å². The fourth-order valence-corrected chi connectivity index (χ4v) is 3.82. The van der Waals surface area contributed by atoms with Gasteiger partial charge in [-0.1, -0.05) is 62.9 Å². The number of hydrogen-bond acceptors (Lipinski definition) is 2. The lowest BCUT2D eigenvalue weighted by Crippen LogP contribution is -2.14. The summed E-state index contributed by atoms with van der Waals surface area (Å²) in [6.07, 6.45) is 9.20. The summed E-state index contributed by atoms with van der Waals surface area (Å²) >= 11 is 0. The number of carbonyl (C=O) groups is 1. The highest BCUT2D eigenvalue weighted by Crippen LogP contribution is 2.32. The molecule has 0 amide bonds. The molecule has 0 saturated heterocycles. The van der Waals surface area contributed by atoms with Crippen molar-refractivity contribution in [3.63, 3.8) is 0 Å². The van der Waals surface area contributed by atoms with Crippen molar-refractivity contribution in [3.8, 4) is 16.9 Å². The number of ether oxygens (including phenoxy) is 1. The normalized spacial score (nSPS) is 16.3. The predicted octanol–water partition coefficient (Wildman–Crippen LogP) is 5.96. The van der Waals surface area contributed by atoms with Crippen molar-refractivity contribution in [1.29, 1.82) is 0 Å². The molecule has 1 unspecified atom stereocenters. The van der Waals surface area contributed by atoms with Crippen molar-refractivity contribution in [1.82, 2.24) is 0 Å². The Morgan fingerprint density at radius 2 is 1.80 bits per heavy atom. The lowest BCUT2D eigenvalue weighted by molar-refractivity contribution is -0.131. The zero-order chi connectivity index (χ0) is 17.6. The lowest BCUT2D eigenvalue weighted by atomic mass is 9.80. The van der Waals surface area contributed by atoms with Gasteiger partial charge in [-0.15, -0.1) is 0 Å². The first-order valence-corrected chi connectivity index (χ1v) is 9.56. The van der Waals surface area contributed by atoms with E-state index < -0.39 is 0 Å². The molecule has 2 nitrogen and oxygen atoms in total. The van der Waals surface area contributed by atoms with Crippen LogP contribution in [0, 0.1) is 5.92 Å². The van der Waals surface area contributed by atoms with E-state index in [1.807, 2.05) is 24.3 Å². The molecule has 2 heteroatoms. The van der Waals surface area contributed by atoms with E-state index in [-0.39, 0.29) is 5.97 Å². The first kappa shape index (κ1) is 17.7. The number of rotatable bonds is 6. The Morgan fingerprint density at radius 3 is 2.52 bits per heavy atom. The van der Waals surface area contributed by atoms with Gasteiger partial charge in [-0.05, 0) is 59.6 Å². The molecule has 0 bridgehead atoms. The molecule has 0 aliphatic heterocycles. The highest BCUT2D eigenvalue weighted by molar-refractivity contribution is 5.70. The topological polar surface area (TPSA) is 26.3 Å². The number of carbonyl (C=O) groups excluding carboxylic acids is 1. The third-order valence-electron chi connectivity index (χ3n) is 5.20. The van der Waals surface area contributed by atoms with Crippen molar-refractivity contribution in [3.05, 3.63) is 53.6 Å². The lowest BCUT2D eigenvalue weighted by Gasteiger charge is -2.25.